The monoisotopic (exact) mass is 137 g/mol. The molecule has 0 amide bonds. The molecule has 0 saturated heterocycles. The summed E-state index contributed by atoms with van der Waals surface area (Å²) >= 11 is 0. The summed E-state index contributed by atoms with van der Waals surface area (Å²) in [5.41, 5.74) is 1.15. The molecule has 0 heterocycles. The number of rotatable bonds is 5. The van der Waals surface area contributed by atoms with Gasteiger partial charge < -0.3 is 0 Å². The molecule has 0 fully saturated rings. The Morgan fingerprint density at radius 3 is 2.50 bits per heavy atom. The van der Waals surface area contributed by atoms with Crippen LogP contribution in [0.4, 0.5) is 0 Å². The highest BCUT2D eigenvalue weighted by Crippen LogP contribution is 2.11. The van der Waals surface area contributed by atoms with E-state index >= 15 is 0 Å². The highest BCUT2D eigenvalue weighted by atomic mass is 14.0. The summed E-state index contributed by atoms with van der Waals surface area (Å²) in [5.74, 6) is 1.50. The molecule has 0 heteroatoms. The van der Waals surface area contributed by atoms with Crippen LogP contribution in [0.1, 0.15) is 33.1 Å². The summed E-state index contributed by atoms with van der Waals surface area (Å²) < 4.78 is 0. The first-order chi connectivity index (χ1) is 4.66. The van der Waals surface area contributed by atoms with Gasteiger partial charge in [0.25, 0.3) is 0 Å². The fourth-order valence-corrected chi connectivity index (χ4v) is 0.771. The van der Waals surface area contributed by atoms with Gasteiger partial charge in [-0.2, -0.15) is 0 Å². The zero-order valence-electron chi connectivity index (χ0n) is 7.11. The second-order valence-corrected chi connectivity index (χ2v) is 2.92. The molecule has 0 bridgehead atoms. The predicted molar refractivity (Wildman–Crippen MR) is 47.8 cm³/mol. The Hall–Kier alpha value is -0.650. The SMILES string of the molecule is C=CC(=C)CCC[C+](C)C. The van der Waals surface area contributed by atoms with Crippen molar-refractivity contribution in [3.8, 4) is 0 Å². The van der Waals surface area contributed by atoms with Crippen LogP contribution in [-0.2, 0) is 0 Å². The average Bonchev–Trinajstić information content (AvgIpc) is 1.87. The molecule has 10 heavy (non-hydrogen) atoms. The molecule has 0 aliphatic rings. The summed E-state index contributed by atoms with van der Waals surface area (Å²) in [5, 5.41) is 0. The maximum Gasteiger partial charge on any atom is 0.0897 e. The molecule has 0 N–H and O–H groups in total. The normalized spacial score (nSPS) is 9.00. The van der Waals surface area contributed by atoms with Crippen molar-refractivity contribution in [3.63, 3.8) is 0 Å². The van der Waals surface area contributed by atoms with Gasteiger partial charge in [-0.05, 0) is 12.8 Å². The van der Waals surface area contributed by atoms with Crippen LogP contribution >= 0.6 is 0 Å². The van der Waals surface area contributed by atoms with Crippen molar-refractivity contribution in [2.75, 3.05) is 0 Å². The van der Waals surface area contributed by atoms with Crippen molar-refractivity contribution in [1.29, 1.82) is 0 Å². The van der Waals surface area contributed by atoms with E-state index in [1.807, 2.05) is 6.08 Å². The van der Waals surface area contributed by atoms with Gasteiger partial charge in [-0.1, -0.05) is 24.8 Å². The van der Waals surface area contributed by atoms with Gasteiger partial charge in [-0.15, -0.1) is 0 Å². The smallest absolute Gasteiger partial charge is 0.0897 e. The molecule has 0 rings (SSSR count). The van der Waals surface area contributed by atoms with Gasteiger partial charge in [0, 0.05) is 0 Å². The van der Waals surface area contributed by atoms with Gasteiger partial charge in [0.2, 0.25) is 0 Å². The molecule has 0 aliphatic heterocycles. The van der Waals surface area contributed by atoms with Crippen LogP contribution in [0.25, 0.3) is 0 Å². The van der Waals surface area contributed by atoms with Crippen LogP contribution in [0.3, 0.4) is 0 Å². The van der Waals surface area contributed by atoms with Crippen LogP contribution in [0.5, 0.6) is 0 Å². The van der Waals surface area contributed by atoms with Gasteiger partial charge in [0.15, 0.2) is 0 Å². The number of hydrogen-bond donors (Lipinski definition) is 0. The molecule has 0 aliphatic carbocycles. The van der Waals surface area contributed by atoms with E-state index in [-0.39, 0.29) is 0 Å². The highest BCUT2D eigenvalue weighted by Gasteiger charge is 2.02. The molecule has 0 aromatic carbocycles. The summed E-state index contributed by atoms with van der Waals surface area (Å²) in [6.45, 7) is 11.8. The first-order valence-electron chi connectivity index (χ1n) is 3.76. The fraction of sp³-hybridized carbons (Fsp3) is 0.500. The van der Waals surface area contributed by atoms with E-state index in [0.29, 0.717) is 0 Å². The molecule has 0 unspecified atom stereocenters. The number of allylic oxidation sites excluding steroid dienone is 2. The van der Waals surface area contributed by atoms with Gasteiger partial charge >= 0.3 is 0 Å². The Labute approximate surface area is 64.6 Å². The van der Waals surface area contributed by atoms with Crippen LogP contribution in [0, 0.1) is 5.92 Å². The first kappa shape index (κ1) is 9.35. The van der Waals surface area contributed by atoms with E-state index < -0.39 is 0 Å². The molecule has 0 aromatic rings. The predicted octanol–water partition coefficient (Wildman–Crippen LogP) is 3.51. The summed E-state index contributed by atoms with van der Waals surface area (Å²) in [7, 11) is 0. The van der Waals surface area contributed by atoms with Crippen molar-refractivity contribution in [1.82, 2.24) is 0 Å². The Balaban J connectivity index is 3.19. The van der Waals surface area contributed by atoms with E-state index in [4.69, 9.17) is 0 Å². The molecule has 56 valence electrons. The summed E-state index contributed by atoms with van der Waals surface area (Å²) in [6, 6.07) is 0. The lowest BCUT2D eigenvalue weighted by Gasteiger charge is -1.96. The van der Waals surface area contributed by atoms with E-state index in [0.717, 1.165) is 12.0 Å². The van der Waals surface area contributed by atoms with E-state index in [2.05, 4.69) is 27.0 Å². The summed E-state index contributed by atoms with van der Waals surface area (Å²) in [4.78, 5) is 0. The van der Waals surface area contributed by atoms with Crippen LogP contribution in [0.2, 0.25) is 0 Å². The maximum absolute atomic E-state index is 3.84. The molecule has 0 nitrogen and oxygen atoms in total. The number of hydrogen-bond acceptors (Lipinski definition) is 0. The third kappa shape index (κ3) is 5.49. The maximum atomic E-state index is 3.84. The highest BCUT2D eigenvalue weighted by molar-refractivity contribution is 5.10. The van der Waals surface area contributed by atoms with Gasteiger partial charge in [-0.3, -0.25) is 0 Å². The van der Waals surface area contributed by atoms with E-state index in [1.54, 1.807) is 0 Å². The van der Waals surface area contributed by atoms with E-state index in [1.165, 1.54) is 18.8 Å². The standard InChI is InChI=1S/C10H17/c1-5-10(4)8-6-7-9(2)3/h5H,1,4,6-8H2,2-3H3/q+1. The van der Waals surface area contributed by atoms with Crippen molar-refractivity contribution in [2.24, 2.45) is 0 Å². The lowest BCUT2D eigenvalue weighted by Crippen LogP contribution is -1.84. The molecule has 0 saturated carbocycles. The second-order valence-electron chi connectivity index (χ2n) is 2.92. The minimum absolute atomic E-state index is 1.09. The van der Waals surface area contributed by atoms with Crippen LogP contribution < -0.4 is 0 Å². The second kappa shape index (κ2) is 5.16. The van der Waals surface area contributed by atoms with Crippen LogP contribution in [0.15, 0.2) is 24.8 Å². The Kier molecular flexibility index (Phi) is 4.82. The molecule has 0 radical (unpaired) electrons. The molecular formula is C10H17+. The van der Waals surface area contributed by atoms with Crippen molar-refractivity contribution in [3.05, 3.63) is 30.7 Å². The minimum Gasteiger partial charge on any atom is -0.0988 e. The average molecular weight is 137 g/mol. The van der Waals surface area contributed by atoms with Gasteiger partial charge in [-0.25, -0.2) is 0 Å². The lowest BCUT2D eigenvalue weighted by molar-refractivity contribution is 0.750. The minimum atomic E-state index is 1.09. The fourth-order valence-electron chi connectivity index (χ4n) is 0.771. The quantitative estimate of drug-likeness (QED) is 0.402. The zero-order chi connectivity index (χ0) is 7.98. The molecular weight excluding hydrogens is 120 g/mol. The Morgan fingerprint density at radius 1 is 1.50 bits per heavy atom. The molecule has 0 aromatic heterocycles. The van der Waals surface area contributed by atoms with Crippen molar-refractivity contribution in [2.45, 2.75) is 33.1 Å². The third-order valence-electron chi connectivity index (χ3n) is 1.46. The first-order valence-corrected chi connectivity index (χ1v) is 3.76. The Morgan fingerprint density at radius 2 is 2.10 bits per heavy atom. The van der Waals surface area contributed by atoms with Crippen LogP contribution in [-0.4, -0.2) is 0 Å². The van der Waals surface area contributed by atoms with Gasteiger partial charge in [0.05, 0.1) is 26.2 Å². The van der Waals surface area contributed by atoms with Crippen molar-refractivity contribution < 1.29 is 0 Å². The van der Waals surface area contributed by atoms with Crippen molar-refractivity contribution >= 4 is 0 Å². The third-order valence-corrected chi connectivity index (χ3v) is 1.46. The van der Waals surface area contributed by atoms with Gasteiger partial charge in [0.1, 0.15) is 0 Å². The largest absolute Gasteiger partial charge is 0.0988 e. The molecule has 0 spiro atoms. The topological polar surface area (TPSA) is 0 Å². The van der Waals surface area contributed by atoms with E-state index in [9.17, 15) is 0 Å². The Bertz CT molecular complexity index is 109. The summed E-state index contributed by atoms with van der Waals surface area (Å²) in [6.07, 6.45) is 5.36. The molecule has 0 atom stereocenters. The zero-order valence-corrected chi connectivity index (χ0v) is 7.11. The lowest BCUT2D eigenvalue weighted by atomic mass is 10.0.